The van der Waals surface area contributed by atoms with Gasteiger partial charge in [-0.1, -0.05) is 30.3 Å². The van der Waals surface area contributed by atoms with Crippen LogP contribution in [0.2, 0.25) is 0 Å². The van der Waals surface area contributed by atoms with Gasteiger partial charge in [0.2, 0.25) is 0 Å². The molecule has 0 unspecified atom stereocenters. The fourth-order valence-corrected chi connectivity index (χ4v) is 2.87. The number of nitrogens with two attached hydrogens (primary N) is 1. The summed E-state index contributed by atoms with van der Waals surface area (Å²) < 4.78 is 7.90. The van der Waals surface area contributed by atoms with Crippen molar-refractivity contribution in [2.24, 2.45) is 5.73 Å². The van der Waals surface area contributed by atoms with Gasteiger partial charge in [0, 0.05) is 24.2 Å². The van der Waals surface area contributed by atoms with Crippen molar-refractivity contribution in [1.82, 2.24) is 14.8 Å². The molecule has 1 aliphatic heterocycles. The van der Waals surface area contributed by atoms with Gasteiger partial charge in [-0.05, 0) is 23.3 Å². The minimum absolute atomic E-state index is 0.0807. The van der Waals surface area contributed by atoms with Crippen molar-refractivity contribution >= 4 is 0 Å². The van der Waals surface area contributed by atoms with Crippen molar-refractivity contribution in [3.63, 3.8) is 0 Å². The lowest BCUT2D eigenvalue weighted by Gasteiger charge is -2.12. The van der Waals surface area contributed by atoms with E-state index in [0.29, 0.717) is 6.54 Å². The minimum atomic E-state index is 0.0807. The first-order valence-electron chi connectivity index (χ1n) is 7.29. The summed E-state index contributed by atoms with van der Waals surface area (Å²) in [5.74, 6) is 0.957. The first kappa shape index (κ1) is 13.0. The number of aromatic nitrogens is 3. The Morgan fingerprint density at radius 1 is 1.14 bits per heavy atom. The van der Waals surface area contributed by atoms with Crippen molar-refractivity contribution < 1.29 is 4.74 Å². The van der Waals surface area contributed by atoms with E-state index >= 15 is 0 Å². The van der Waals surface area contributed by atoms with Crippen molar-refractivity contribution in [3.8, 4) is 22.6 Å². The first-order valence-corrected chi connectivity index (χ1v) is 7.29. The molecule has 1 aromatic heterocycles. The lowest BCUT2D eigenvalue weighted by Crippen LogP contribution is -2.24. The highest BCUT2D eigenvalue weighted by Crippen LogP contribution is 2.38. The van der Waals surface area contributed by atoms with Gasteiger partial charge in [-0.2, -0.15) is 0 Å². The quantitative estimate of drug-likeness (QED) is 0.803. The topological polar surface area (TPSA) is 66.0 Å². The fraction of sp³-hybridized carbons (Fsp3) is 0.176. The van der Waals surface area contributed by atoms with Gasteiger partial charge in [0.1, 0.15) is 24.5 Å². The zero-order valence-electron chi connectivity index (χ0n) is 12.0. The summed E-state index contributed by atoms with van der Waals surface area (Å²) in [4.78, 5) is 0. The van der Waals surface area contributed by atoms with Crippen LogP contribution in [0.15, 0.2) is 55.1 Å². The number of hydrogen-bond acceptors (Lipinski definition) is 4. The minimum Gasteiger partial charge on any atom is -0.488 e. The maximum absolute atomic E-state index is 6.02. The summed E-state index contributed by atoms with van der Waals surface area (Å²) >= 11 is 0. The molecular weight excluding hydrogens is 276 g/mol. The van der Waals surface area contributed by atoms with Gasteiger partial charge < -0.3 is 10.5 Å². The van der Waals surface area contributed by atoms with Crippen molar-refractivity contribution in [2.75, 3.05) is 6.54 Å². The predicted octanol–water partition coefficient (Wildman–Crippen LogP) is 2.20. The molecule has 0 spiro atoms. The Morgan fingerprint density at radius 3 is 2.77 bits per heavy atom. The molecule has 110 valence electrons. The Balaban J connectivity index is 1.78. The van der Waals surface area contributed by atoms with Crippen LogP contribution < -0.4 is 10.5 Å². The fourth-order valence-electron chi connectivity index (χ4n) is 2.87. The highest BCUT2D eigenvalue weighted by molar-refractivity contribution is 5.74. The zero-order valence-corrected chi connectivity index (χ0v) is 12.0. The van der Waals surface area contributed by atoms with E-state index in [4.69, 9.17) is 10.5 Å². The van der Waals surface area contributed by atoms with E-state index in [2.05, 4.69) is 40.5 Å². The molecular formula is C17H16N4O. The van der Waals surface area contributed by atoms with Crippen LogP contribution in [0, 0.1) is 0 Å². The van der Waals surface area contributed by atoms with Crippen LogP contribution in [0.3, 0.4) is 0 Å². The molecule has 1 atom stereocenters. The first-order chi connectivity index (χ1) is 10.8. The molecule has 0 saturated heterocycles. The zero-order chi connectivity index (χ0) is 14.9. The Morgan fingerprint density at radius 2 is 1.95 bits per heavy atom. The van der Waals surface area contributed by atoms with Gasteiger partial charge in [0.15, 0.2) is 0 Å². The second kappa shape index (κ2) is 5.27. The van der Waals surface area contributed by atoms with Crippen LogP contribution in [-0.4, -0.2) is 27.4 Å². The van der Waals surface area contributed by atoms with Crippen LogP contribution in [0.1, 0.15) is 5.56 Å². The molecule has 2 heterocycles. The molecule has 5 nitrogen and oxygen atoms in total. The average molecular weight is 292 g/mol. The van der Waals surface area contributed by atoms with Gasteiger partial charge in [0.05, 0.1) is 0 Å². The highest BCUT2D eigenvalue weighted by Gasteiger charge is 2.24. The molecule has 4 rings (SSSR count). The predicted molar refractivity (Wildman–Crippen MR) is 84.0 cm³/mol. The number of rotatable bonds is 3. The Labute approximate surface area is 128 Å². The van der Waals surface area contributed by atoms with Crippen LogP contribution in [-0.2, 0) is 6.42 Å². The molecule has 0 aliphatic carbocycles. The van der Waals surface area contributed by atoms with E-state index in [9.17, 15) is 0 Å². The Bertz CT molecular complexity index is 798. The van der Waals surface area contributed by atoms with Gasteiger partial charge >= 0.3 is 0 Å². The number of hydrogen-bond donors (Lipinski definition) is 1. The standard InChI is InChI=1S/C17H16N4O/c18-9-15-8-13-4-2-6-16(17(13)22-15)12-3-1-5-14(7-12)21-10-19-20-11-21/h1-7,10-11,15H,8-9,18H2/t15-/m1/s1. The largest absolute Gasteiger partial charge is 0.488 e. The second-order valence-corrected chi connectivity index (χ2v) is 5.39. The summed E-state index contributed by atoms with van der Waals surface area (Å²) in [5.41, 5.74) is 10.2. The lowest BCUT2D eigenvalue weighted by atomic mass is 10.00. The van der Waals surface area contributed by atoms with Gasteiger partial charge in [-0.25, -0.2) is 0 Å². The molecule has 5 heteroatoms. The summed E-state index contributed by atoms with van der Waals surface area (Å²) in [6.45, 7) is 0.537. The molecule has 2 N–H and O–H groups in total. The number of para-hydroxylation sites is 1. The maximum Gasteiger partial charge on any atom is 0.130 e. The van der Waals surface area contributed by atoms with Gasteiger partial charge in [-0.3, -0.25) is 4.57 Å². The van der Waals surface area contributed by atoms with Crippen LogP contribution in [0.25, 0.3) is 16.8 Å². The monoisotopic (exact) mass is 292 g/mol. The number of ether oxygens (including phenoxy) is 1. The molecule has 0 radical (unpaired) electrons. The van der Waals surface area contributed by atoms with E-state index in [-0.39, 0.29) is 6.10 Å². The van der Waals surface area contributed by atoms with E-state index in [1.54, 1.807) is 12.7 Å². The van der Waals surface area contributed by atoms with Crippen LogP contribution in [0.5, 0.6) is 5.75 Å². The Hall–Kier alpha value is -2.66. The molecule has 3 aromatic rings. The third-order valence-electron chi connectivity index (χ3n) is 3.97. The van der Waals surface area contributed by atoms with Gasteiger partial charge in [0.25, 0.3) is 0 Å². The smallest absolute Gasteiger partial charge is 0.130 e. The van der Waals surface area contributed by atoms with E-state index in [0.717, 1.165) is 29.0 Å². The number of fused-ring (bicyclic) bond motifs is 1. The van der Waals surface area contributed by atoms with Crippen LogP contribution >= 0.6 is 0 Å². The van der Waals surface area contributed by atoms with Crippen LogP contribution in [0.4, 0.5) is 0 Å². The molecule has 0 amide bonds. The Kier molecular flexibility index (Phi) is 3.12. The molecule has 22 heavy (non-hydrogen) atoms. The third kappa shape index (κ3) is 2.16. The van der Waals surface area contributed by atoms with Crippen molar-refractivity contribution in [3.05, 3.63) is 60.7 Å². The summed E-state index contributed by atoms with van der Waals surface area (Å²) in [6, 6.07) is 14.5. The van der Waals surface area contributed by atoms with Gasteiger partial charge in [-0.15, -0.1) is 10.2 Å². The molecule has 0 bridgehead atoms. The SMILES string of the molecule is NC[C@H]1Cc2cccc(-c3cccc(-n4cnnc4)c3)c2O1. The maximum atomic E-state index is 6.02. The second-order valence-electron chi connectivity index (χ2n) is 5.39. The molecule has 2 aromatic carbocycles. The van der Waals surface area contributed by atoms with E-state index in [1.807, 2.05) is 16.7 Å². The lowest BCUT2D eigenvalue weighted by molar-refractivity contribution is 0.242. The molecule has 1 aliphatic rings. The average Bonchev–Trinajstić information content (AvgIpc) is 3.23. The van der Waals surface area contributed by atoms with Crippen molar-refractivity contribution in [1.29, 1.82) is 0 Å². The van der Waals surface area contributed by atoms with Crippen molar-refractivity contribution in [2.45, 2.75) is 12.5 Å². The highest BCUT2D eigenvalue weighted by atomic mass is 16.5. The summed E-state index contributed by atoms with van der Waals surface area (Å²) in [5, 5.41) is 7.71. The number of benzene rings is 2. The molecule has 0 saturated carbocycles. The summed E-state index contributed by atoms with van der Waals surface area (Å²) in [7, 11) is 0. The normalized spacial score (nSPS) is 16.3. The van der Waals surface area contributed by atoms with E-state index < -0.39 is 0 Å². The third-order valence-corrected chi connectivity index (χ3v) is 3.97. The number of nitrogens with zero attached hydrogens (tertiary/aromatic N) is 3. The van der Waals surface area contributed by atoms with E-state index in [1.165, 1.54) is 5.56 Å². The molecule has 0 fully saturated rings. The summed E-state index contributed by atoms with van der Waals surface area (Å²) in [6.07, 6.45) is 4.34.